The first kappa shape index (κ1) is 30.4. The number of benzene rings is 1. The lowest BCUT2D eigenvalue weighted by molar-refractivity contribution is -0.139. The van der Waals surface area contributed by atoms with Gasteiger partial charge < -0.3 is 20.3 Å². The minimum Gasteiger partial charge on any atom is -0.393 e. The van der Waals surface area contributed by atoms with Gasteiger partial charge in [0.25, 0.3) is 5.91 Å². The van der Waals surface area contributed by atoms with Crippen molar-refractivity contribution in [2.75, 3.05) is 44.9 Å². The fraction of sp³-hybridized carbons (Fsp3) is 0.462. The van der Waals surface area contributed by atoms with Crippen molar-refractivity contribution in [2.24, 2.45) is 10.7 Å². The van der Waals surface area contributed by atoms with E-state index in [0.29, 0.717) is 53.0 Å². The predicted octanol–water partition coefficient (Wildman–Crippen LogP) is 5.14. The minimum atomic E-state index is -4.64. The predicted molar refractivity (Wildman–Crippen MR) is 151 cm³/mol. The number of ether oxygens (including phenoxy) is 1. The largest absolute Gasteiger partial charge is 0.418 e. The zero-order chi connectivity index (χ0) is 29.4. The molecule has 2 N–H and O–H groups in total. The van der Waals surface area contributed by atoms with E-state index in [2.05, 4.69) is 9.98 Å². The van der Waals surface area contributed by atoms with Crippen LogP contribution >= 0.6 is 35.0 Å². The lowest BCUT2D eigenvalue weighted by Crippen LogP contribution is -2.35. The summed E-state index contributed by atoms with van der Waals surface area (Å²) < 4.78 is 48.0. The molecule has 0 bridgehead atoms. The summed E-state index contributed by atoms with van der Waals surface area (Å²) in [6.45, 7) is 2.97. The van der Waals surface area contributed by atoms with Crippen LogP contribution in [0.15, 0.2) is 33.0 Å². The standard InChI is InChI=1S/C26H29Cl2F3N6O2S/c1-13-8-14(20(16(27)9-13)26(29,30)31)19-10-17-15(12-39-19)23(35-25(34-17)40-4)37-7-5-6-33-18(11-37)21(28)22(32)24(38)36(2)3/h8-9,19H,5-7,10-12,32H2,1-4H3/b22-21+. The van der Waals surface area contributed by atoms with Gasteiger partial charge in [-0.15, -0.1) is 0 Å². The first-order valence-electron chi connectivity index (χ1n) is 12.4. The zero-order valence-electron chi connectivity index (χ0n) is 22.4. The molecule has 0 saturated carbocycles. The summed E-state index contributed by atoms with van der Waals surface area (Å²) in [5.41, 5.74) is 7.35. The van der Waals surface area contributed by atoms with E-state index < -0.39 is 23.8 Å². The molecule has 2 aliphatic heterocycles. The van der Waals surface area contributed by atoms with E-state index in [1.165, 1.54) is 28.8 Å². The molecular formula is C26H29Cl2F3N6O2S. The highest BCUT2D eigenvalue weighted by molar-refractivity contribution is 7.98. The van der Waals surface area contributed by atoms with Crippen molar-refractivity contribution < 1.29 is 22.7 Å². The SMILES string of the molecule is CSc1nc2c(c(N3CCCN=C(/C(Cl)=C(\N)C(=O)N(C)C)C3)n1)COC(c1cc(C)cc(Cl)c1C(F)(F)F)C2. The van der Waals surface area contributed by atoms with E-state index in [9.17, 15) is 18.0 Å². The Bertz CT molecular complexity index is 1380. The molecule has 1 amide bonds. The molecule has 3 heterocycles. The molecule has 1 aromatic carbocycles. The van der Waals surface area contributed by atoms with E-state index in [1.807, 2.05) is 11.2 Å². The summed E-state index contributed by atoms with van der Waals surface area (Å²) in [7, 11) is 3.15. The number of aromatic nitrogens is 2. The van der Waals surface area contributed by atoms with Crippen LogP contribution in [0.3, 0.4) is 0 Å². The summed E-state index contributed by atoms with van der Waals surface area (Å²) in [5.74, 6) is 0.157. The third kappa shape index (κ3) is 6.35. The van der Waals surface area contributed by atoms with Crippen molar-refractivity contribution in [3.05, 3.63) is 55.8 Å². The molecule has 8 nitrogen and oxygen atoms in total. The average Bonchev–Trinajstić information content (AvgIpc) is 3.15. The molecule has 1 atom stereocenters. The fourth-order valence-electron chi connectivity index (χ4n) is 4.70. The van der Waals surface area contributed by atoms with Crippen LogP contribution in [0.1, 0.15) is 40.5 Å². The van der Waals surface area contributed by atoms with Crippen molar-refractivity contribution in [1.82, 2.24) is 14.9 Å². The number of aryl methyl sites for hydroxylation is 1. The molecule has 1 unspecified atom stereocenters. The number of likely N-dealkylation sites (N-methyl/N-ethyl adjacent to an activating group) is 1. The second kappa shape index (κ2) is 12.1. The van der Waals surface area contributed by atoms with Gasteiger partial charge in [-0.3, -0.25) is 9.79 Å². The number of alkyl halides is 3. The van der Waals surface area contributed by atoms with Crippen molar-refractivity contribution >= 4 is 52.4 Å². The molecule has 2 aromatic rings. The van der Waals surface area contributed by atoms with Crippen LogP contribution in [0, 0.1) is 6.92 Å². The average molecular weight is 618 g/mol. The Morgan fingerprint density at radius 1 is 1.27 bits per heavy atom. The van der Waals surface area contributed by atoms with Gasteiger partial charge in [0.05, 0.1) is 46.3 Å². The van der Waals surface area contributed by atoms with E-state index in [-0.39, 0.29) is 40.9 Å². The number of hydrogen-bond acceptors (Lipinski definition) is 8. The molecule has 0 fully saturated rings. The summed E-state index contributed by atoms with van der Waals surface area (Å²) in [5, 5.41) is 0.184. The number of thioether (sulfide) groups is 1. The lowest BCUT2D eigenvalue weighted by atomic mass is 9.93. The Hall–Kier alpha value is -2.54. The Labute approximate surface area is 244 Å². The molecule has 14 heteroatoms. The molecule has 4 rings (SSSR count). The van der Waals surface area contributed by atoms with Crippen LogP contribution in [0.25, 0.3) is 0 Å². The van der Waals surface area contributed by atoms with Gasteiger partial charge in [-0.25, -0.2) is 9.97 Å². The third-order valence-corrected chi connectivity index (χ3v) is 7.86. The van der Waals surface area contributed by atoms with E-state index in [1.54, 1.807) is 21.0 Å². The first-order valence-corrected chi connectivity index (χ1v) is 14.4. The van der Waals surface area contributed by atoms with Crippen LogP contribution in [0.5, 0.6) is 0 Å². The maximum Gasteiger partial charge on any atom is 0.418 e. The molecule has 216 valence electrons. The summed E-state index contributed by atoms with van der Waals surface area (Å²) in [6, 6.07) is 2.76. The summed E-state index contributed by atoms with van der Waals surface area (Å²) >= 11 is 13.9. The normalized spacial score (nSPS) is 18.5. The fourth-order valence-corrected chi connectivity index (χ4v) is 5.67. The van der Waals surface area contributed by atoms with Crippen molar-refractivity contribution in [3.63, 3.8) is 0 Å². The number of fused-ring (bicyclic) bond motifs is 1. The molecule has 0 spiro atoms. The topological polar surface area (TPSA) is 96.9 Å². The third-order valence-electron chi connectivity index (χ3n) is 6.59. The van der Waals surface area contributed by atoms with Crippen LogP contribution in [0.2, 0.25) is 5.02 Å². The van der Waals surface area contributed by atoms with E-state index >= 15 is 0 Å². The number of amides is 1. The first-order chi connectivity index (χ1) is 18.8. The number of carbonyl (C=O) groups is 1. The molecule has 0 saturated heterocycles. The van der Waals surface area contributed by atoms with E-state index in [0.717, 1.165) is 0 Å². The number of carbonyl (C=O) groups excluding carboxylic acids is 1. The number of aliphatic imine (C=N–C) groups is 1. The zero-order valence-corrected chi connectivity index (χ0v) is 24.7. The van der Waals surface area contributed by atoms with Crippen LogP contribution < -0.4 is 10.6 Å². The highest BCUT2D eigenvalue weighted by atomic mass is 35.5. The molecule has 2 aliphatic rings. The van der Waals surface area contributed by atoms with Gasteiger partial charge in [-0.1, -0.05) is 41.0 Å². The van der Waals surface area contributed by atoms with Gasteiger partial charge in [0.1, 0.15) is 11.5 Å². The van der Waals surface area contributed by atoms with Crippen LogP contribution in [-0.2, 0) is 28.7 Å². The molecule has 1 aromatic heterocycles. The number of rotatable bonds is 5. The van der Waals surface area contributed by atoms with Crippen LogP contribution in [0.4, 0.5) is 19.0 Å². The maximum absolute atomic E-state index is 14.0. The number of nitrogens with two attached hydrogens (primary N) is 1. The number of hydrogen-bond donors (Lipinski definition) is 1. The van der Waals surface area contributed by atoms with E-state index in [4.69, 9.17) is 38.7 Å². The van der Waals surface area contributed by atoms with Gasteiger partial charge in [0.2, 0.25) is 0 Å². The highest BCUT2D eigenvalue weighted by Crippen LogP contribution is 2.44. The Morgan fingerprint density at radius 3 is 2.65 bits per heavy atom. The van der Waals surface area contributed by atoms with Gasteiger partial charge in [-0.05, 0) is 36.8 Å². The van der Waals surface area contributed by atoms with Crippen molar-refractivity contribution in [1.29, 1.82) is 0 Å². The van der Waals surface area contributed by atoms with Crippen LogP contribution in [-0.4, -0.2) is 66.5 Å². The molecule has 40 heavy (non-hydrogen) atoms. The summed E-state index contributed by atoms with van der Waals surface area (Å²) in [6.07, 6.45) is -2.92. The van der Waals surface area contributed by atoms with Crippen molar-refractivity contribution in [2.45, 2.75) is 43.8 Å². The second-order valence-corrected chi connectivity index (χ2v) is 11.3. The Balaban J connectivity index is 1.72. The highest BCUT2D eigenvalue weighted by Gasteiger charge is 2.40. The minimum absolute atomic E-state index is 0.000649. The summed E-state index contributed by atoms with van der Waals surface area (Å²) in [4.78, 5) is 29.6. The molecular weight excluding hydrogens is 588 g/mol. The molecule has 0 radical (unpaired) electrons. The van der Waals surface area contributed by atoms with Gasteiger partial charge >= 0.3 is 6.18 Å². The monoisotopic (exact) mass is 616 g/mol. The number of anilines is 1. The van der Waals surface area contributed by atoms with Gasteiger partial charge in [0, 0.05) is 39.2 Å². The smallest absolute Gasteiger partial charge is 0.393 e. The number of nitrogens with zero attached hydrogens (tertiary/aromatic N) is 5. The Kier molecular flexibility index (Phi) is 9.23. The molecule has 0 aliphatic carbocycles. The van der Waals surface area contributed by atoms with Crippen molar-refractivity contribution in [3.8, 4) is 0 Å². The Morgan fingerprint density at radius 2 is 2.00 bits per heavy atom. The number of halogens is 5. The lowest BCUT2D eigenvalue weighted by Gasteiger charge is -2.32. The maximum atomic E-state index is 14.0. The quantitative estimate of drug-likeness (QED) is 0.282. The second-order valence-electron chi connectivity index (χ2n) is 9.70. The van der Waals surface area contributed by atoms with Gasteiger partial charge in [-0.2, -0.15) is 13.2 Å². The van der Waals surface area contributed by atoms with Gasteiger partial charge in [0.15, 0.2) is 5.16 Å².